The number of ether oxygens (including phenoxy) is 1. The van der Waals surface area contributed by atoms with Crippen molar-refractivity contribution in [2.75, 3.05) is 26.8 Å². The average Bonchev–Trinajstić information content (AvgIpc) is 2.87. The van der Waals surface area contributed by atoms with Crippen LogP contribution >= 0.6 is 15.9 Å². The number of amides is 1. The van der Waals surface area contributed by atoms with Crippen LogP contribution in [-0.2, 0) is 4.74 Å². The molecular formula is C13H15BrN2O4. The van der Waals surface area contributed by atoms with Crippen LogP contribution in [0.25, 0.3) is 0 Å². The quantitative estimate of drug-likeness (QED) is 0.622. The van der Waals surface area contributed by atoms with Crippen molar-refractivity contribution in [3.8, 4) is 0 Å². The molecule has 6 nitrogen and oxygen atoms in total. The van der Waals surface area contributed by atoms with Gasteiger partial charge in [-0.3, -0.25) is 14.9 Å². The number of carbonyl (C=O) groups excluding carboxylic acids is 1. The van der Waals surface area contributed by atoms with Crippen LogP contribution in [0.15, 0.2) is 22.7 Å². The second-order valence-corrected chi connectivity index (χ2v) is 5.64. The summed E-state index contributed by atoms with van der Waals surface area (Å²) >= 11 is 3.11. The SMILES string of the molecule is COCC1CCN(C(=O)c2ccc(Br)c([N+](=O)[O-])c2)C1. The lowest BCUT2D eigenvalue weighted by Gasteiger charge is -2.16. The molecule has 0 bridgehead atoms. The van der Waals surface area contributed by atoms with Crippen LogP contribution in [0.4, 0.5) is 5.69 Å². The number of nitrogens with zero attached hydrogens (tertiary/aromatic N) is 2. The topological polar surface area (TPSA) is 72.7 Å². The fourth-order valence-corrected chi connectivity index (χ4v) is 2.75. The van der Waals surface area contributed by atoms with Crippen LogP contribution in [0.3, 0.4) is 0 Å². The third kappa shape index (κ3) is 3.16. The van der Waals surface area contributed by atoms with Gasteiger partial charge in [-0.05, 0) is 34.5 Å². The molecule has 1 fully saturated rings. The molecule has 1 aliphatic heterocycles. The molecule has 0 aromatic heterocycles. The molecule has 1 aromatic rings. The summed E-state index contributed by atoms with van der Waals surface area (Å²) in [7, 11) is 1.64. The first-order valence-corrected chi connectivity index (χ1v) is 7.04. The predicted molar refractivity (Wildman–Crippen MR) is 76.7 cm³/mol. The van der Waals surface area contributed by atoms with Gasteiger partial charge in [-0.2, -0.15) is 0 Å². The maximum atomic E-state index is 12.3. The third-order valence-corrected chi connectivity index (χ3v) is 4.04. The number of benzene rings is 1. The van der Waals surface area contributed by atoms with Crippen molar-refractivity contribution >= 4 is 27.5 Å². The Kier molecular flexibility index (Phi) is 4.72. The first kappa shape index (κ1) is 14.9. The van der Waals surface area contributed by atoms with Gasteiger partial charge in [0.15, 0.2) is 0 Å². The van der Waals surface area contributed by atoms with Gasteiger partial charge in [0, 0.05) is 37.7 Å². The fraction of sp³-hybridized carbons (Fsp3) is 0.462. The van der Waals surface area contributed by atoms with Crippen molar-refractivity contribution in [3.63, 3.8) is 0 Å². The lowest BCUT2D eigenvalue weighted by Crippen LogP contribution is -2.29. The Morgan fingerprint density at radius 2 is 2.35 bits per heavy atom. The van der Waals surface area contributed by atoms with Crippen LogP contribution in [0.2, 0.25) is 0 Å². The standard InChI is InChI=1S/C13H15BrN2O4/c1-20-8-9-4-5-15(7-9)13(17)10-2-3-11(14)12(6-10)16(18)19/h2-3,6,9H,4-5,7-8H2,1H3. The van der Waals surface area contributed by atoms with E-state index in [-0.39, 0.29) is 11.6 Å². The Hall–Kier alpha value is -1.47. The Balaban J connectivity index is 2.14. The Bertz CT molecular complexity index is 535. The van der Waals surface area contributed by atoms with E-state index in [1.165, 1.54) is 12.1 Å². The maximum Gasteiger partial charge on any atom is 0.284 e. The Morgan fingerprint density at radius 3 is 3.00 bits per heavy atom. The molecule has 1 atom stereocenters. The summed E-state index contributed by atoms with van der Waals surface area (Å²) < 4.78 is 5.47. The largest absolute Gasteiger partial charge is 0.384 e. The number of nitro benzene ring substituents is 1. The van der Waals surface area contributed by atoms with Crippen LogP contribution < -0.4 is 0 Å². The molecule has 0 N–H and O–H groups in total. The lowest BCUT2D eigenvalue weighted by atomic mass is 10.1. The number of hydrogen-bond donors (Lipinski definition) is 0. The second-order valence-electron chi connectivity index (χ2n) is 4.78. The van der Waals surface area contributed by atoms with Gasteiger partial charge in [0.1, 0.15) is 0 Å². The molecule has 1 amide bonds. The van der Waals surface area contributed by atoms with E-state index < -0.39 is 4.92 Å². The van der Waals surface area contributed by atoms with E-state index in [0.717, 1.165) is 6.42 Å². The number of likely N-dealkylation sites (tertiary alicyclic amines) is 1. The van der Waals surface area contributed by atoms with Crippen LogP contribution in [0.1, 0.15) is 16.8 Å². The van der Waals surface area contributed by atoms with Crippen molar-refractivity contribution < 1.29 is 14.5 Å². The highest BCUT2D eigenvalue weighted by molar-refractivity contribution is 9.10. The summed E-state index contributed by atoms with van der Waals surface area (Å²) in [5, 5.41) is 10.9. The lowest BCUT2D eigenvalue weighted by molar-refractivity contribution is -0.385. The molecule has 20 heavy (non-hydrogen) atoms. The van der Waals surface area contributed by atoms with Crippen LogP contribution in [-0.4, -0.2) is 42.5 Å². The molecule has 0 aliphatic carbocycles. The van der Waals surface area contributed by atoms with E-state index in [9.17, 15) is 14.9 Å². The smallest absolute Gasteiger partial charge is 0.284 e. The molecule has 0 saturated carbocycles. The molecule has 2 rings (SSSR count). The zero-order valence-electron chi connectivity index (χ0n) is 11.0. The van der Waals surface area contributed by atoms with E-state index in [4.69, 9.17) is 4.74 Å². The normalized spacial score (nSPS) is 18.3. The molecule has 1 unspecified atom stereocenters. The molecule has 7 heteroatoms. The van der Waals surface area contributed by atoms with Gasteiger partial charge >= 0.3 is 0 Å². The Labute approximate surface area is 125 Å². The van der Waals surface area contributed by atoms with E-state index in [2.05, 4.69) is 15.9 Å². The van der Waals surface area contributed by atoms with Crippen molar-refractivity contribution in [2.24, 2.45) is 5.92 Å². The van der Waals surface area contributed by atoms with Gasteiger partial charge < -0.3 is 9.64 Å². The number of halogens is 1. The minimum absolute atomic E-state index is 0.0940. The second kappa shape index (κ2) is 6.32. The molecule has 108 valence electrons. The molecule has 1 aliphatic rings. The van der Waals surface area contributed by atoms with Gasteiger partial charge in [0.2, 0.25) is 0 Å². The first-order chi connectivity index (χ1) is 9.52. The molecule has 1 saturated heterocycles. The van der Waals surface area contributed by atoms with Gasteiger partial charge in [0.25, 0.3) is 11.6 Å². The maximum absolute atomic E-state index is 12.3. The van der Waals surface area contributed by atoms with Crippen molar-refractivity contribution in [2.45, 2.75) is 6.42 Å². The fourth-order valence-electron chi connectivity index (χ4n) is 2.36. The summed E-state index contributed by atoms with van der Waals surface area (Å²) in [6.07, 6.45) is 0.901. The molecular weight excluding hydrogens is 328 g/mol. The monoisotopic (exact) mass is 342 g/mol. The number of methoxy groups -OCH3 is 1. The zero-order chi connectivity index (χ0) is 14.7. The summed E-state index contributed by atoms with van der Waals surface area (Å²) in [6.45, 7) is 1.93. The molecule has 1 aromatic carbocycles. The van der Waals surface area contributed by atoms with Crippen LogP contribution in [0, 0.1) is 16.0 Å². The van der Waals surface area contributed by atoms with Crippen molar-refractivity contribution in [1.82, 2.24) is 4.90 Å². The first-order valence-electron chi connectivity index (χ1n) is 6.25. The van der Waals surface area contributed by atoms with E-state index in [1.807, 2.05) is 0 Å². The zero-order valence-corrected chi connectivity index (χ0v) is 12.6. The summed E-state index contributed by atoms with van der Waals surface area (Å²) in [5.41, 5.74) is 0.251. The van der Waals surface area contributed by atoms with Gasteiger partial charge in [-0.15, -0.1) is 0 Å². The molecule has 0 radical (unpaired) electrons. The Morgan fingerprint density at radius 1 is 1.60 bits per heavy atom. The van der Waals surface area contributed by atoms with Gasteiger partial charge in [0.05, 0.1) is 16.0 Å². The van der Waals surface area contributed by atoms with Crippen molar-refractivity contribution in [1.29, 1.82) is 0 Å². The molecule has 0 spiro atoms. The number of hydrogen-bond acceptors (Lipinski definition) is 4. The number of rotatable bonds is 4. The summed E-state index contributed by atoms with van der Waals surface area (Å²) in [4.78, 5) is 24.4. The third-order valence-electron chi connectivity index (χ3n) is 3.37. The summed E-state index contributed by atoms with van der Waals surface area (Å²) in [6, 6.07) is 4.45. The highest BCUT2D eigenvalue weighted by Gasteiger charge is 2.28. The average molecular weight is 343 g/mol. The van der Waals surface area contributed by atoms with E-state index >= 15 is 0 Å². The highest BCUT2D eigenvalue weighted by Crippen LogP contribution is 2.27. The van der Waals surface area contributed by atoms with E-state index in [0.29, 0.717) is 35.7 Å². The minimum atomic E-state index is -0.501. The van der Waals surface area contributed by atoms with Crippen LogP contribution in [0.5, 0.6) is 0 Å². The predicted octanol–water partition coefficient (Wildman–Crippen LogP) is 2.47. The van der Waals surface area contributed by atoms with Gasteiger partial charge in [-0.25, -0.2) is 0 Å². The van der Waals surface area contributed by atoms with Gasteiger partial charge in [-0.1, -0.05) is 0 Å². The van der Waals surface area contributed by atoms with Crippen molar-refractivity contribution in [3.05, 3.63) is 38.3 Å². The number of nitro groups is 1. The molecule has 1 heterocycles. The van der Waals surface area contributed by atoms with E-state index in [1.54, 1.807) is 18.1 Å². The minimum Gasteiger partial charge on any atom is -0.384 e. The highest BCUT2D eigenvalue weighted by atomic mass is 79.9. The number of carbonyl (C=O) groups is 1. The summed E-state index contributed by atoms with van der Waals surface area (Å²) in [5.74, 6) is 0.175.